The largest absolute Gasteiger partial charge is 0.372 e. The number of hydrogen-bond acceptors (Lipinski definition) is 2. The molecule has 0 spiro atoms. The van der Waals surface area contributed by atoms with Gasteiger partial charge >= 0.3 is 0 Å². The van der Waals surface area contributed by atoms with Crippen molar-refractivity contribution >= 4 is 5.91 Å². The first kappa shape index (κ1) is 11.1. The van der Waals surface area contributed by atoms with Gasteiger partial charge in [-0.1, -0.05) is 13.0 Å². The number of nitrogens with zero attached hydrogens (tertiary/aromatic N) is 2. The van der Waals surface area contributed by atoms with Crippen LogP contribution in [0.5, 0.6) is 0 Å². The molecule has 1 rings (SSSR count). The molecule has 0 radical (unpaired) electrons. The van der Waals surface area contributed by atoms with Gasteiger partial charge < -0.3 is 9.80 Å². The quantitative estimate of drug-likeness (QED) is 0.667. The Morgan fingerprint density at radius 1 is 1.14 bits per heavy atom. The molecule has 0 atom stereocenters. The second-order valence-electron chi connectivity index (χ2n) is 3.75. The van der Waals surface area contributed by atoms with Crippen LogP contribution >= 0.6 is 0 Å². The van der Waals surface area contributed by atoms with Gasteiger partial charge in [-0.3, -0.25) is 4.79 Å². The number of piperazine rings is 1. The molecule has 3 nitrogen and oxygen atoms in total. The summed E-state index contributed by atoms with van der Waals surface area (Å²) in [5, 5.41) is 0. The summed E-state index contributed by atoms with van der Waals surface area (Å²) < 4.78 is 0. The summed E-state index contributed by atoms with van der Waals surface area (Å²) in [5.41, 5.74) is 1.34. The molecule has 0 saturated carbocycles. The maximum atomic E-state index is 11.1. The lowest BCUT2D eigenvalue weighted by molar-refractivity contribution is -0.130. The maximum Gasteiger partial charge on any atom is 0.219 e. The van der Waals surface area contributed by atoms with Crippen molar-refractivity contribution in [3.05, 3.63) is 11.8 Å². The number of carbonyl (C=O) groups is 1. The van der Waals surface area contributed by atoms with Gasteiger partial charge in [0.1, 0.15) is 0 Å². The molecule has 0 aromatic heterocycles. The fraction of sp³-hybridized carbons (Fsp3) is 0.727. The highest BCUT2D eigenvalue weighted by Crippen LogP contribution is 2.09. The van der Waals surface area contributed by atoms with Crippen LogP contribution in [0, 0.1) is 0 Å². The van der Waals surface area contributed by atoms with Crippen LogP contribution in [0.3, 0.4) is 0 Å². The highest BCUT2D eigenvalue weighted by atomic mass is 16.2. The molecular formula is C11H20N2O. The van der Waals surface area contributed by atoms with Gasteiger partial charge in [0, 0.05) is 38.8 Å². The Morgan fingerprint density at radius 3 is 2.07 bits per heavy atom. The van der Waals surface area contributed by atoms with Crippen LogP contribution in [0.15, 0.2) is 11.8 Å². The van der Waals surface area contributed by atoms with E-state index in [1.54, 1.807) is 6.92 Å². The molecule has 0 unspecified atom stereocenters. The SMILES string of the molecule is CCC=C(C)N1CCN(C(C)=O)CC1. The smallest absolute Gasteiger partial charge is 0.219 e. The molecule has 80 valence electrons. The monoisotopic (exact) mass is 196 g/mol. The van der Waals surface area contributed by atoms with E-state index in [1.165, 1.54) is 5.70 Å². The zero-order chi connectivity index (χ0) is 10.6. The Balaban J connectivity index is 2.43. The second-order valence-corrected chi connectivity index (χ2v) is 3.75. The number of hydrogen-bond donors (Lipinski definition) is 0. The minimum Gasteiger partial charge on any atom is -0.372 e. The average molecular weight is 196 g/mol. The van der Waals surface area contributed by atoms with Gasteiger partial charge in [-0.2, -0.15) is 0 Å². The summed E-state index contributed by atoms with van der Waals surface area (Å²) in [5.74, 6) is 0.196. The van der Waals surface area contributed by atoms with E-state index in [0.29, 0.717) is 0 Å². The van der Waals surface area contributed by atoms with E-state index in [4.69, 9.17) is 0 Å². The van der Waals surface area contributed by atoms with Crippen LogP contribution in [0.1, 0.15) is 27.2 Å². The Bertz CT molecular complexity index is 227. The van der Waals surface area contributed by atoms with Gasteiger partial charge in [-0.05, 0) is 13.3 Å². The molecule has 0 aromatic rings. The van der Waals surface area contributed by atoms with Gasteiger partial charge in [0.05, 0.1) is 0 Å². The molecule has 1 saturated heterocycles. The van der Waals surface area contributed by atoms with E-state index in [2.05, 4.69) is 24.8 Å². The summed E-state index contributed by atoms with van der Waals surface area (Å²) in [6.07, 6.45) is 3.32. The third kappa shape index (κ3) is 2.76. The van der Waals surface area contributed by atoms with E-state index in [-0.39, 0.29) is 5.91 Å². The van der Waals surface area contributed by atoms with Crippen LogP contribution in [0.25, 0.3) is 0 Å². The van der Waals surface area contributed by atoms with Gasteiger partial charge in [0.15, 0.2) is 0 Å². The molecule has 1 aliphatic heterocycles. The minimum atomic E-state index is 0.196. The Hall–Kier alpha value is -0.990. The minimum absolute atomic E-state index is 0.196. The zero-order valence-corrected chi connectivity index (χ0v) is 9.42. The third-order valence-electron chi connectivity index (χ3n) is 2.72. The van der Waals surface area contributed by atoms with Crippen LogP contribution in [-0.4, -0.2) is 41.9 Å². The number of carbonyl (C=O) groups excluding carboxylic acids is 1. The van der Waals surface area contributed by atoms with Crippen molar-refractivity contribution in [2.45, 2.75) is 27.2 Å². The van der Waals surface area contributed by atoms with E-state index in [1.807, 2.05) is 4.90 Å². The molecule has 0 bridgehead atoms. The van der Waals surface area contributed by atoms with Crippen molar-refractivity contribution in [1.29, 1.82) is 0 Å². The van der Waals surface area contributed by atoms with Crippen LogP contribution in [0.4, 0.5) is 0 Å². The van der Waals surface area contributed by atoms with Crippen LogP contribution in [0.2, 0.25) is 0 Å². The Labute approximate surface area is 86.4 Å². The Kier molecular flexibility index (Phi) is 3.98. The first-order valence-electron chi connectivity index (χ1n) is 5.32. The van der Waals surface area contributed by atoms with E-state index >= 15 is 0 Å². The topological polar surface area (TPSA) is 23.6 Å². The molecule has 0 aromatic carbocycles. The van der Waals surface area contributed by atoms with Crippen LogP contribution in [-0.2, 0) is 4.79 Å². The Morgan fingerprint density at radius 2 is 1.64 bits per heavy atom. The van der Waals surface area contributed by atoms with E-state index in [9.17, 15) is 4.79 Å². The lowest BCUT2D eigenvalue weighted by Gasteiger charge is -2.36. The van der Waals surface area contributed by atoms with E-state index < -0.39 is 0 Å². The first-order valence-corrected chi connectivity index (χ1v) is 5.32. The van der Waals surface area contributed by atoms with Crippen molar-refractivity contribution in [3.8, 4) is 0 Å². The summed E-state index contributed by atoms with van der Waals surface area (Å²) in [6.45, 7) is 9.62. The van der Waals surface area contributed by atoms with Crippen molar-refractivity contribution in [2.24, 2.45) is 0 Å². The number of amides is 1. The molecule has 1 heterocycles. The molecule has 14 heavy (non-hydrogen) atoms. The predicted molar refractivity (Wildman–Crippen MR) is 57.9 cm³/mol. The lowest BCUT2D eigenvalue weighted by Crippen LogP contribution is -2.47. The highest BCUT2D eigenvalue weighted by molar-refractivity contribution is 5.73. The number of rotatable bonds is 2. The summed E-state index contributed by atoms with van der Waals surface area (Å²) in [4.78, 5) is 15.4. The fourth-order valence-corrected chi connectivity index (χ4v) is 1.80. The molecule has 3 heteroatoms. The standard InChI is InChI=1S/C11H20N2O/c1-4-5-10(2)12-6-8-13(9-7-12)11(3)14/h5H,4,6-9H2,1-3H3. The van der Waals surface area contributed by atoms with Gasteiger partial charge in [0.2, 0.25) is 5.91 Å². The third-order valence-corrected chi connectivity index (χ3v) is 2.72. The van der Waals surface area contributed by atoms with Crippen molar-refractivity contribution < 1.29 is 4.79 Å². The van der Waals surface area contributed by atoms with Crippen molar-refractivity contribution in [2.75, 3.05) is 26.2 Å². The fourth-order valence-electron chi connectivity index (χ4n) is 1.80. The van der Waals surface area contributed by atoms with Gasteiger partial charge in [-0.25, -0.2) is 0 Å². The van der Waals surface area contributed by atoms with E-state index in [0.717, 1.165) is 32.6 Å². The van der Waals surface area contributed by atoms with Crippen LogP contribution < -0.4 is 0 Å². The maximum absolute atomic E-state index is 11.1. The molecule has 0 N–H and O–H groups in total. The molecule has 1 amide bonds. The van der Waals surface area contributed by atoms with Gasteiger partial charge in [0.25, 0.3) is 0 Å². The normalized spacial score (nSPS) is 18.6. The summed E-state index contributed by atoms with van der Waals surface area (Å²) in [7, 11) is 0. The first-order chi connectivity index (χ1) is 6.65. The molecule has 1 aliphatic rings. The summed E-state index contributed by atoms with van der Waals surface area (Å²) >= 11 is 0. The average Bonchev–Trinajstić information content (AvgIpc) is 2.18. The lowest BCUT2D eigenvalue weighted by atomic mass is 10.2. The molecule has 0 aliphatic carbocycles. The second kappa shape index (κ2) is 5.03. The summed E-state index contributed by atoms with van der Waals surface area (Å²) in [6, 6.07) is 0. The van der Waals surface area contributed by atoms with Crippen molar-refractivity contribution in [3.63, 3.8) is 0 Å². The van der Waals surface area contributed by atoms with Gasteiger partial charge in [-0.15, -0.1) is 0 Å². The van der Waals surface area contributed by atoms with Crippen molar-refractivity contribution in [1.82, 2.24) is 9.80 Å². The predicted octanol–water partition coefficient (Wildman–Crippen LogP) is 1.46. The molecular weight excluding hydrogens is 176 g/mol. The zero-order valence-electron chi connectivity index (χ0n) is 9.42. The molecule has 1 fully saturated rings. The number of allylic oxidation sites excluding steroid dienone is 2. The highest BCUT2D eigenvalue weighted by Gasteiger charge is 2.17.